The highest BCUT2D eigenvalue weighted by Crippen LogP contribution is 2.35. The molecule has 146 heavy (non-hydrogen) atoms. The van der Waals surface area contributed by atoms with Gasteiger partial charge in [0.05, 0.1) is 78.1 Å². The Morgan fingerprint density at radius 1 is 0.247 bits per heavy atom. The second kappa shape index (κ2) is 54.1. The number of hydrogen-bond donors (Lipinski definition) is 6. The van der Waals surface area contributed by atoms with Gasteiger partial charge in [-0.2, -0.15) is 0 Å². The van der Waals surface area contributed by atoms with Crippen molar-refractivity contribution >= 4 is 110 Å². The second-order valence-electron chi connectivity index (χ2n) is 34.6. The SMILES string of the molecule is CCOC(=O)c1ccc(NC(=O)CC(CCS(=O)(=O)c2ccc(C)cc2)c2ccccc2)cc1.CCOC(=O)c1ccc(NC(=O)CC(CCS(=O)(=O)c2ccc(Oc3ccccc3)cc2)c2ccc(C)cc2)cc1.Cc1ccc(C(CCS(=O)(=O)c2ccc(Oc3ccccc3)cc2)CC(=O)Nc2ccc(C(=O)O)cc2)cc1.Cc1ccc(S(=O)(=O)CCC(CC(=O)Nc2ccc(C(=O)O)cc2)c2ccccc2)cc1. The predicted octanol–water partition coefficient (Wildman–Crippen LogP) is 23.2. The minimum absolute atomic E-state index is 0.0584. The minimum atomic E-state index is -3.61. The van der Waals surface area contributed by atoms with Crippen LogP contribution in [0, 0.1) is 27.7 Å². The number of para-hydroxylation sites is 2. The Morgan fingerprint density at radius 2 is 0.445 bits per heavy atom. The molecule has 0 aliphatic rings. The molecule has 4 amide bonds. The normalized spacial score (nSPS) is 12.0. The van der Waals surface area contributed by atoms with E-state index in [1.807, 2.05) is 198 Å². The summed E-state index contributed by atoms with van der Waals surface area (Å²) in [6.45, 7) is 11.8. The van der Waals surface area contributed by atoms with Crippen molar-refractivity contribution in [3.05, 3.63) is 431 Å². The van der Waals surface area contributed by atoms with Gasteiger partial charge in [0.15, 0.2) is 39.3 Å². The molecule has 0 aliphatic carbocycles. The molecule has 4 atom stereocenters. The lowest BCUT2D eigenvalue weighted by Gasteiger charge is -2.18. The van der Waals surface area contributed by atoms with Crippen LogP contribution in [0.25, 0.3) is 0 Å². The van der Waals surface area contributed by atoms with Crippen molar-refractivity contribution in [2.24, 2.45) is 0 Å². The quantitative estimate of drug-likeness (QED) is 0.0194. The first kappa shape index (κ1) is 111. The number of carboxylic acid groups (broad SMARTS) is 2. The summed E-state index contributed by atoms with van der Waals surface area (Å²) < 4.78 is 126. The Labute approximate surface area is 852 Å². The van der Waals surface area contributed by atoms with Gasteiger partial charge in [0, 0.05) is 48.4 Å². The number of sulfone groups is 4. The monoisotopic (exact) mass is 2040 g/mol. The summed E-state index contributed by atoms with van der Waals surface area (Å²) in [5, 5.41) is 29.3. The number of hydrogen-bond acceptors (Lipinski definition) is 20. The zero-order valence-corrected chi connectivity index (χ0v) is 84.8. The van der Waals surface area contributed by atoms with Gasteiger partial charge in [0.2, 0.25) is 23.6 Å². The van der Waals surface area contributed by atoms with Crippen LogP contribution in [0.2, 0.25) is 0 Å². The van der Waals surface area contributed by atoms with Gasteiger partial charge in [-0.25, -0.2) is 52.8 Å². The molecule has 0 spiro atoms. The molecule has 0 bridgehead atoms. The maximum Gasteiger partial charge on any atom is 0.338 e. The number of aromatic carboxylic acids is 2. The third-order valence-electron chi connectivity index (χ3n) is 23.6. The number of carboxylic acids is 2. The molecule has 0 fully saturated rings. The highest BCUT2D eigenvalue weighted by atomic mass is 32.2. The van der Waals surface area contributed by atoms with Crippen LogP contribution in [0.5, 0.6) is 23.0 Å². The Morgan fingerprint density at radius 3 is 0.671 bits per heavy atom. The van der Waals surface area contributed by atoms with Crippen molar-refractivity contribution in [3.63, 3.8) is 0 Å². The smallest absolute Gasteiger partial charge is 0.338 e. The fraction of sp³-hybridized carbons (Fsp3) is 0.207. The molecule has 0 heterocycles. The molecular weight excluding hydrogens is 1930 g/mol. The second-order valence-corrected chi connectivity index (χ2v) is 43.1. The summed E-state index contributed by atoms with van der Waals surface area (Å²) >= 11 is 0. The summed E-state index contributed by atoms with van der Waals surface area (Å²) in [4.78, 5) is 98.0. The van der Waals surface area contributed by atoms with Crippen molar-refractivity contribution in [1.82, 2.24) is 0 Å². The Bertz CT molecular complexity index is 7170. The molecule has 14 aromatic rings. The van der Waals surface area contributed by atoms with Crippen molar-refractivity contribution < 1.29 is 101 Å². The lowest BCUT2D eigenvalue weighted by molar-refractivity contribution is -0.117. The van der Waals surface area contributed by atoms with E-state index in [2.05, 4.69) is 21.3 Å². The third kappa shape index (κ3) is 35.4. The Balaban J connectivity index is 0.000000186. The first-order valence-electron chi connectivity index (χ1n) is 47.3. The van der Waals surface area contributed by atoms with Gasteiger partial charge in [-0.1, -0.05) is 192 Å². The molecule has 0 saturated carbocycles. The van der Waals surface area contributed by atoms with E-state index in [1.54, 1.807) is 147 Å². The molecule has 0 aromatic heterocycles. The van der Waals surface area contributed by atoms with Gasteiger partial charge < -0.3 is 50.4 Å². The van der Waals surface area contributed by atoms with Crippen molar-refractivity contribution in [3.8, 4) is 23.0 Å². The first-order valence-corrected chi connectivity index (χ1v) is 53.9. The number of anilines is 4. The Kier molecular flexibility index (Phi) is 41.0. The summed E-state index contributed by atoms with van der Waals surface area (Å²) in [6.07, 6.45) is 1.54. The molecule has 0 radical (unpaired) electrons. The highest BCUT2D eigenvalue weighted by Gasteiger charge is 2.28. The van der Waals surface area contributed by atoms with E-state index in [1.165, 1.54) is 60.7 Å². The summed E-state index contributed by atoms with van der Waals surface area (Å²) in [5.74, 6) is -3.16. The third-order valence-corrected chi connectivity index (χ3v) is 30.6. The fourth-order valence-electron chi connectivity index (χ4n) is 15.4. The number of nitrogens with one attached hydrogen (secondary N) is 4. The molecule has 4 unspecified atom stereocenters. The average Bonchev–Trinajstić information content (AvgIpc) is 0.831. The number of benzene rings is 14. The number of carbonyl (C=O) groups excluding carboxylic acids is 6. The van der Waals surface area contributed by atoms with Crippen molar-refractivity contribution in [2.75, 3.05) is 57.5 Å². The van der Waals surface area contributed by atoms with E-state index in [-0.39, 0.29) is 153 Å². The van der Waals surface area contributed by atoms with Crippen LogP contribution >= 0.6 is 0 Å². The van der Waals surface area contributed by atoms with Crippen LogP contribution in [0.15, 0.2) is 384 Å². The number of rotatable bonds is 42. The molecule has 14 rings (SSSR count). The van der Waals surface area contributed by atoms with Gasteiger partial charge in [0.25, 0.3) is 0 Å². The van der Waals surface area contributed by atoms with Crippen LogP contribution in [-0.2, 0) is 68.0 Å². The molecule has 14 aromatic carbocycles. The lowest BCUT2D eigenvalue weighted by Crippen LogP contribution is -2.18. The summed E-state index contributed by atoms with van der Waals surface area (Å²) in [5.41, 5.74) is 10.8. The van der Waals surface area contributed by atoms with E-state index < -0.39 is 63.2 Å². The number of aryl methyl sites for hydroxylation is 4. The van der Waals surface area contributed by atoms with Crippen LogP contribution < -0.4 is 30.7 Å². The topological polar surface area (TPSA) is 399 Å². The van der Waals surface area contributed by atoms with Gasteiger partial charge >= 0.3 is 23.9 Å². The molecule has 26 nitrogen and oxygen atoms in total. The van der Waals surface area contributed by atoms with Gasteiger partial charge in [0.1, 0.15) is 23.0 Å². The maximum atomic E-state index is 13.2. The van der Waals surface area contributed by atoms with E-state index >= 15 is 0 Å². The largest absolute Gasteiger partial charge is 0.478 e. The maximum absolute atomic E-state index is 13.2. The molecule has 6 N–H and O–H groups in total. The number of esters is 2. The first-order chi connectivity index (χ1) is 69.9. The molecule has 756 valence electrons. The highest BCUT2D eigenvalue weighted by molar-refractivity contribution is 7.92. The molecule has 0 saturated heterocycles. The molecule has 30 heteroatoms. The van der Waals surface area contributed by atoms with E-state index in [4.69, 9.17) is 29.2 Å². The molecule has 0 aliphatic heterocycles. The lowest BCUT2D eigenvalue weighted by atomic mass is 9.92. The standard InChI is InChI=1S/C33H33NO6S.C31H29NO6S.C27H29NO5S.C25H25NO5S/c1-3-39-33(36)26-13-15-28(16-14-26)34-32(35)23-27(25-11-9-24(2)10-12-25)21-22-41(37,38)31-19-17-30(18-20-31)40-29-7-5-4-6-8-29;1-22-7-9-23(10-8-22)25(21-30(33)32-26-13-11-24(12-14-26)31(34)35)19-20-39(36,37)29-17-15-28(16-18-29)38-27-5-3-2-4-6-27;1-3-33-27(30)22-11-13-24(14-12-22)28-26(29)19-23(21-7-5-4-6-8-21)17-18-34(31,32)25-15-9-20(2)10-16-25;1-18-7-13-23(14-8-18)32(30,31)16-15-21(19-5-3-2-4-6-19)17-24(27)26-22-11-9-20(10-12-22)25(28)29/h4-20,27H,3,21-23H2,1-2H3,(H,34,35);2-18,25H,19-21H2,1H3,(H,32,33)(H,34,35);4-16,23H,3,17-19H2,1-2H3,(H,28,29);2-14,21H,15-17H2,1H3,(H,26,27)(H,28,29). The van der Waals surface area contributed by atoms with Crippen LogP contribution in [0.4, 0.5) is 22.7 Å². The Hall–Kier alpha value is -15.8. The number of amides is 4. The fourth-order valence-corrected chi connectivity index (χ4v) is 21.0. The average molecular weight is 2050 g/mol. The summed E-state index contributed by atoms with van der Waals surface area (Å²) in [6, 6.07) is 104. The van der Waals surface area contributed by atoms with Crippen LogP contribution in [0.1, 0.15) is 175 Å². The minimum Gasteiger partial charge on any atom is -0.478 e. The predicted molar refractivity (Wildman–Crippen MR) is 566 cm³/mol. The zero-order valence-electron chi connectivity index (χ0n) is 81.5. The molecular formula is C116H116N4O22S4. The van der Waals surface area contributed by atoms with E-state index in [0.29, 0.717) is 69.7 Å². The van der Waals surface area contributed by atoms with Gasteiger partial charge in [-0.3, -0.25) is 19.2 Å². The van der Waals surface area contributed by atoms with Crippen LogP contribution in [-0.4, -0.2) is 128 Å². The number of ether oxygens (including phenoxy) is 4. The summed E-state index contributed by atoms with van der Waals surface area (Å²) in [7, 11) is -14.2. The van der Waals surface area contributed by atoms with E-state index in [0.717, 1.165) is 44.5 Å². The van der Waals surface area contributed by atoms with Crippen molar-refractivity contribution in [2.45, 2.75) is 136 Å². The zero-order chi connectivity index (χ0) is 105. The van der Waals surface area contributed by atoms with Gasteiger partial charge in [-0.05, 0) is 307 Å². The van der Waals surface area contributed by atoms with Gasteiger partial charge in [-0.15, -0.1) is 0 Å². The van der Waals surface area contributed by atoms with E-state index in [9.17, 15) is 72.0 Å². The van der Waals surface area contributed by atoms with Crippen LogP contribution in [0.3, 0.4) is 0 Å². The van der Waals surface area contributed by atoms with Crippen molar-refractivity contribution in [1.29, 1.82) is 0 Å². The number of carbonyl (C=O) groups is 8.